The quantitative estimate of drug-likeness (QED) is 0.383. The van der Waals surface area contributed by atoms with Crippen molar-refractivity contribution in [2.75, 3.05) is 5.32 Å². The number of terminal acetylenes is 1. The molecule has 3 rings (SSSR count). The largest absolute Gasteiger partial charge is 0.444 e. The normalized spacial score (nSPS) is 13.1. The fourth-order valence-corrected chi connectivity index (χ4v) is 4.26. The Morgan fingerprint density at radius 1 is 0.897 bits per heavy atom. The number of fused-ring (bicyclic) bond motifs is 1. The Hall–Kier alpha value is -4.31. The van der Waals surface area contributed by atoms with Crippen molar-refractivity contribution in [2.24, 2.45) is 0 Å². The van der Waals surface area contributed by atoms with Gasteiger partial charge in [-0.25, -0.2) is 4.79 Å². The van der Waals surface area contributed by atoms with Crippen molar-refractivity contribution in [3.05, 3.63) is 77.9 Å². The van der Waals surface area contributed by atoms with Crippen molar-refractivity contribution < 1.29 is 19.1 Å². The average molecular weight is 528 g/mol. The standard InChI is InChI=1S/C32H37N3O4/c1-9-22-14-16-24(17-15-22)27(28(36)34-26-19-18-23-12-10-11-13-25(23)20-26)35(31(3,4)5)29(37)21(2)33-30(38)39-32(6,7)8/h1,10-21,27H,2-8H3,(H,33,38)(H,34,36). The van der Waals surface area contributed by atoms with Crippen LogP contribution in [0, 0.1) is 12.3 Å². The summed E-state index contributed by atoms with van der Waals surface area (Å²) in [6, 6.07) is 18.5. The van der Waals surface area contributed by atoms with Gasteiger partial charge < -0.3 is 20.3 Å². The Kier molecular flexibility index (Phi) is 8.71. The summed E-state index contributed by atoms with van der Waals surface area (Å²) in [6.07, 6.45) is 4.83. The number of amides is 3. The van der Waals surface area contributed by atoms with Crippen LogP contribution in [0.25, 0.3) is 10.8 Å². The Labute approximate surface area is 230 Å². The van der Waals surface area contributed by atoms with Crippen LogP contribution < -0.4 is 10.6 Å². The molecule has 2 N–H and O–H groups in total. The predicted octanol–water partition coefficient (Wildman–Crippen LogP) is 6.04. The first-order valence-corrected chi connectivity index (χ1v) is 12.9. The lowest BCUT2D eigenvalue weighted by Crippen LogP contribution is -2.57. The maximum Gasteiger partial charge on any atom is 0.408 e. The highest BCUT2D eigenvalue weighted by molar-refractivity contribution is 6.00. The van der Waals surface area contributed by atoms with Crippen LogP contribution in [-0.2, 0) is 14.3 Å². The fourth-order valence-electron chi connectivity index (χ4n) is 4.26. The summed E-state index contributed by atoms with van der Waals surface area (Å²) in [5.74, 6) is 1.74. The minimum Gasteiger partial charge on any atom is -0.444 e. The third-order valence-electron chi connectivity index (χ3n) is 5.98. The number of nitrogens with zero attached hydrogens (tertiary/aromatic N) is 1. The maximum absolute atomic E-state index is 14.0. The molecular formula is C32H37N3O4. The van der Waals surface area contributed by atoms with Crippen LogP contribution in [0.5, 0.6) is 0 Å². The minimum atomic E-state index is -1.02. The van der Waals surface area contributed by atoms with Gasteiger partial charge in [0.05, 0.1) is 0 Å². The van der Waals surface area contributed by atoms with Crippen LogP contribution in [-0.4, -0.2) is 40.0 Å². The predicted molar refractivity (Wildman–Crippen MR) is 155 cm³/mol. The van der Waals surface area contributed by atoms with Gasteiger partial charge in [0.15, 0.2) is 0 Å². The van der Waals surface area contributed by atoms with E-state index >= 15 is 0 Å². The van der Waals surface area contributed by atoms with E-state index in [0.29, 0.717) is 16.8 Å². The minimum absolute atomic E-state index is 0.397. The van der Waals surface area contributed by atoms with Gasteiger partial charge in [0.1, 0.15) is 17.7 Å². The molecule has 3 aromatic carbocycles. The molecular weight excluding hydrogens is 490 g/mol. The first-order chi connectivity index (χ1) is 18.2. The molecule has 0 aliphatic carbocycles. The number of anilines is 1. The highest BCUT2D eigenvalue weighted by Gasteiger charge is 2.40. The molecule has 2 atom stereocenters. The Morgan fingerprint density at radius 2 is 1.51 bits per heavy atom. The van der Waals surface area contributed by atoms with Gasteiger partial charge >= 0.3 is 6.09 Å². The average Bonchev–Trinajstić information content (AvgIpc) is 2.84. The van der Waals surface area contributed by atoms with E-state index in [9.17, 15) is 14.4 Å². The number of hydrogen-bond donors (Lipinski definition) is 2. The second-order valence-corrected chi connectivity index (χ2v) is 11.5. The second kappa shape index (κ2) is 11.6. The van der Waals surface area contributed by atoms with E-state index in [1.54, 1.807) is 52.0 Å². The van der Waals surface area contributed by atoms with Gasteiger partial charge in [-0.1, -0.05) is 48.4 Å². The van der Waals surface area contributed by atoms with Gasteiger partial charge in [-0.15, -0.1) is 6.42 Å². The summed E-state index contributed by atoms with van der Waals surface area (Å²) >= 11 is 0. The molecule has 3 amide bonds. The van der Waals surface area contributed by atoms with Crippen molar-refractivity contribution in [3.8, 4) is 12.3 Å². The van der Waals surface area contributed by atoms with Crippen LogP contribution >= 0.6 is 0 Å². The van der Waals surface area contributed by atoms with Crippen LogP contribution in [0.15, 0.2) is 66.7 Å². The monoisotopic (exact) mass is 527 g/mol. The third kappa shape index (κ3) is 7.61. The lowest BCUT2D eigenvalue weighted by Gasteiger charge is -2.42. The lowest BCUT2D eigenvalue weighted by molar-refractivity contribution is -0.146. The van der Waals surface area contributed by atoms with Gasteiger partial charge in [0.2, 0.25) is 5.91 Å². The summed E-state index contributed by atoms with van der Waals surface area (Å²) in [4.78, 5) is 41.8. The lowest BCUT2D eigenvalue weighted by atomic mass is 9.95. The smallest absolute Gasteiger partial charge is 0.408 e. The Balaban J connectivity index is 2.01. The number of ether oxygens (including phenoxy) is 1. The van der Waals surface area contributed by atoms with Crippen LogP contribution in [0.2, 0.25) is 0 Å². The van der Waals surface area contributed by atoms with Gasteiger partial charge in [0, 0.05) is 16.8 Å². The van der Waals surface area contributed by atoms with E-state index in [1.165, 1.54) is 4.90 Å². The molecule has 0 spiro atoms. The van der Waals surface area contributed by atoms with Crippen LogP contribution in [0.1, 0.15) is 65.6 Å². The molecule has 0 aromatic heterocycles. The number of alkyl carbamates (subject to hydrolysis) is 1. The molecule has 0 heterocycles. The molecule has 0 radical (unpaired) electrons. The third-order valence-corrected chi connectivity index (χ3v) is 5.98. The number of carbonyl (C=O) groups excluding carboxylic acids is 3. The Bertz CT molecular complexity index is 1390. The molecule has 0 saturated heterocycles. The van der Waals surface area contributed by atoms with E-state index in [4.69, 9.17) is 11.2 Å². The van der Waals surface area contributed by atoms with Gasteiger partial charge in [-0.05, 0) is 89.1 Å². The van der Waals surface area contributed by atoms with Gasteiger partial charge in [-0.3, -0.25) is 9.59 Å². The summed E-state index contributed by atoms with van der Waals surface area (Å²) in [5.41, 5.74) is 0.320. The van der Waals surface area contributed by atoms with Gasteiger partial charge in [0.25, 0.3) is 5.91 Å². The van der Waals surface area contributed by atoms with Crippen molar-refractivity contribution in [1.29, 1.82) is 0 Å². The molecule has 0 aliphatic heterocycles. The number of benzene rings is 3. The summed E-state index contributed by atoms with van der Waals surface area (Å²) < 4.78 is 5.34. The number of hydrogen-bond acceptors (Lipinski definition) is 4. The van der Waals surface area contributed by atoms with Crippen molar-refractivity contribution in [2.45, 2.75) is 71.7 Å². The van der Waals surface area contributed by atoms with Gasteiger partial charge in [-0.2, -0.15) is 0 Å². The van der Waals surface area contributed by atoms with Crippen molar-refractivity contribution in [1.82, 2.24) is 10.2 Å². The molecule has 3 aromatic rings. The van der Waals surface area contributed by atoms with E-state index in [2.05, 4.69) is 16.6 Å². The first kappa shape index (κ1) is 29.2. The maximum atomic E-state index is 14.0. The van der Waals surface area contributed by atoms with E-state index in [-0.39, 0.29) is 0 Å². The summed E-state index contributed by atoms with van der Waals surface area (Å²) in [5, 5.41) is 7.63. The van der Waals surface area contributed by atoms with E-state index < -0.39 is 41.1 Å². The first-order valence-electron chi connectivity index (χ1n) is 12.9. The van der Waals surface area contributed by atoms with Crippen LogP contribution in [0.4, 0.5) is 10.5 Å². The van der Waals surface area contributed by atoms with Crippen LogP contribution in [0.3, 0.4) is 0 Å². The van der Waals surface area contributed by atoms with E-state index in [0.717, 1.165) is 10.8 Å². The summed E-state index contributed by atoms with van der Waals surface area (Å²) in [7, 11) is 0. The number of nitrogens with one attached hydrogen (secondary N) is 2. The van der Waals surface area contributed by atoms with Crippen molar-refractivity contribution >= 4 is 34.4 Å². The zero-order valence-electron chi connectivity index (χ0n) is 23.7. The number of carbonyl (C=O) groups is 3. The topological polar surface area (TPSA) is 87.7 Å². The highest BCUT2D eigenvalue weighted by atomic mass is 16.6. The Morgan fingerprint density at radius 3 is 2.08 bits per heavy atom. The molecule has 7 heteroatoms. The molecule has 0 fully saturated rings. The second-order valence-electron chi connectivity index (χ2n) is 11.5. The molecule has 2 unspecified atom stereocenters. The molecule has 0 aliphatic rings. The molecule has 0 saturated carbocycles. The molecule has 204 valence electrons. The summed E-state index contributed by atoms with van der Waals surface area (Å²) in [6.45, 7) is 12.3. The number of rotatable bonds is 6. The molecule has 7 nitrogen and oxygen atoms in total. The zero-order chi connectivity index (χ0) is 29.0. The van der Waals surface area contributed by atoms with E-state index in [1.807, 2.05) is 63.2 Å². The zero-order valence-corrected chi connectivity index (χ0v) is 23.7. The molecule has 39 heavy (non-hydrogen) atoms. The molecule has 0 bridgehead atoms. The highest BCUT2D eigenvalue weighted by Crippen LogP contribution is 2.31. The fraction of sp³-hybridized carbons (Fsp3) is 0.344. The SMILES string of the molecule is C#Cc1ccc(C(C(=O)Nc2ccc3ccccc3c2)N(C(=O)C(C)NC(=O)OC(C)(C)C)C(C)(C)C)cc1. The van der Waals surface area contributed by atoms with Crippen molar-refractivity contribution in [3.63, 3.8) is 0 Å².